The molecule has 1 unspecified atom stereocenters. The minimum Gasteiger partial charge on any atom is -0.360 e. The lowest BCUT2D eigenvalue weighted by atomic mass is 9.87. The molecule has 7 heteroatoms. The summed E-state index contributed by atoms with van der Waals surface area (Å²) < 4.78 is 5.83. The number of aryl methyl sites for hydroxylation is 1. The van der Waals surface area contributed by atoms with Crippen LogP contribution in [-0.2, 0) is 9.59 Å². The van der Waals surface area contributed by atoms with Crippen LogP contribution in [0.1, 0.15) is 31.1 Å². The molecule has 0 aliphatic carbocycles. The largest absolute Gasteiger partial charge is 0.360 e. The van der Waals surface area contributed by atoms with Gasteiger partial charge in [0.15, 0.2) is 5.82 Å². The van der Waals surface area contributed by atoms with Gasteiger partial charge in [0, 0.05) is 10.5 Å². The number of carbonyl (C=O) groups is 2. The molecule has 2 aromatic rings. The third kappa shape index (κ3) is 4.92. The summed E-state index contributed by atoms with van der Waals surface area (Å²) in [5.74, 6) is 0.186. The maximum atomic E-state index is 12.5. The van der Waals surface area contributed by atoms with Crippen molar-refractivity contribution in [2.24, 2.45) is 5.92 Å². The molecule has 6 nitrogen and oxygen atoms in total. The minimum absolute atomic E-state index is 0.104. The van der Waals surface area contributed by atoms with Crippen molar-refractivity contribution >= 4 is 33.6 Å². The summed E-state index contributed by atoms with van der Waals surface area (Å²) >= 11 is 3.38. The van der Waals surface area contributed by atoms with Crippen molar-refractivity contribution in [3.8, 4) is 0 Å². The van der Waals surface area contributed by atoms with Gasteiger partial charge in [-0.25, -0.2) is 0 Å². The van der Waals surface area contributed by atoms with Gasteiger partial charge in [-0.05, 0) is 30.5 Å². The molecule has 0 aliphatic rings. The van der Waals surface area contributed by atoms with E-state index in [1.807, 2.05) is 38.1 Å². The van der Waals surface area contributed by atoms with Crippen molar-refractivity contribution in [3.05, 3.63) is 46.1 Å². The standard InChI is InChI=1S/C17H20BrN3O3/c1-10(2)16(12-4-6-13(18)7-5-12)17(23)19-9-15(22)20-14-8-11(3)24-21-14/h4-8,10,16H,9H2,1-3H3,(H,19,23)(H,20,21,22). The molecular formula is C17H20BrN3O3. The molecule has 0 aliphatic heterocycles. The van der Waals surface area contributed by atoms with Gasteiger partial charge >= 0.3 is 0 Å². The lowest BCUT2D eigenvalue weighted by Gasteiger charge is -2.20. The Bertz CT molecular complexity index is 710. The van der Waals surface area contributed by atoms with E-state index in [4.69, 9.17) is 4.52 Å². The van der Waals surface area contributed by atoms with Crippen LogP contribution in [-0.4, -0.2) is 23.5 Å². The van der Waals surface area contributed by atoms with Gasteiger partial charge in [0.05, 0.1) is 12.5 Å². The summed E-state index contributed by atoms with van der Waals surface area (Å²) in [4.78, 5) is 24.4. The van der Waals surface area contributed by atoms with Gasteiger partial charge in [-0.1, -0.05) is 47.1 Å². The highest BCUT2D eigenvalue weighted by molar-refractivity contribution is 9.10. The summed E-state index contributed by atoms with van der Waals surface area (Å²) in [6.07, 6.45) is 0. The zero-order valence-electron chi connectivity index (χ0n) is 13.8. The first-order valence-electron chi connectivity index (χ1n) is 7.63. The Kier molecular flexibility index (Phi) is 6.14. The first-order chi connectivity index (χ1) is 11.4. The maximum Gasteiger partial charge on any atom is 0.245 e. The second-order valence-corrected chi connectivity index (χ2v) is 6.78. The van der Waals surface area contributed by atoms with Crippen molar-refractivity contribution in [1.29, 1.82) is 0 Å². The van der Waals surface area contributed by atoms with Crippen LogP contribution < -0.4 is 10.6 Å². The first kappa shape index (κ1) is 18.2. The van der Waals surface area contributed by atoms with Gasteiger partial charge in [-0.3, -0.25) is 9.59 Å². The Hall–Kier alpha value is -2.15. The van der Waals surface area contributed by atoms with E-state index >= 15 is 0 Å². The summed E-state index contributed by atoms with van der Waals surface area (Å²) in [7, 11) is 0. The fourth-order valence-electron chi connectivity index (χ4n) is 2.40. The van der Waals surface area contributed by atoms with Crippen molar-refractivity contribution in [2.45, 2.75) is 26.7 Å². The molecule has 0 spiro atoms. The monoisotopic (exact) mass is 393 g/mol. The number of benzene rings is 1. The third-order valence-corrected chi connectivity index (χ3v) is 4.03. The molecule has 24 heavy (non-hydrogen) atoms. The quantitative estimate of drug-likeness (QED) is 0.788. The van der Waals surface area contributed by atoms with Gasteiger partial charge in [-0.15, -0.1) is 0 Å². The van der Waals surface area contributed by atoms with Crippen LogP contribution in [0.15, 0.2) is 39.3 Å². The molecule has 1 heterocycles. The molecule has 0 bridgehead atoms. The maximum absolute atomic E-state index is 12.5. The number of nitrogens with one attached hydrogen (secondary N) is 2. The van der Waals surface area contributed by atoms with E-state index in [1.165, 1.54) is 0 Å². The van der Waals surface area contributed by atoms with Crippen LogP contribution >= 0.6 is 15.9 Å². The second kappa shape index (κ2) is 8.10. The van der Waals surface area contributed by atoms with Crippen molar-refractivity contribution < 1.29 is 14.1 Å². The highest BCUT2D eigenvalue weighted by Gasteiger charge is 2.24. The Balaban J connectivity index is 1.95. The van der Waals surface area contributed by atoms with Crippen LogP contribution in [0.2, 0.25) is 0 Å². The Morgan fingerprint density at radius 1 is 1.25 bits per heavy atom. The molecule has 0 saturated carbocycles. The van der Waals surface area contributed by atoms with E-state index in [-0.39, 0.29) is 30.2 Å². The normalized spacial score (nSPS) is 12.0. The highest BCUT2D eigenvalue weighted by atomic mass is 79.9. The zero-order valence-corrected chi connectivity index (χ0v) is 15.4. The lowest BCUT2D eigenvalue weighted by Crippen LogP contribution is -2.37. The molecule has 0 saturated heterocycles. The zero-order chi connectivity index (χ0) is 17.7. The van der Waals surface area contributed by atoms with Gasteiger partial charge < -0.3 is 15.2 Å². The molecule has 128 valence electrons. The predicted octanol–water partition coefficient (Wildman–Crippen LogP) is 3.24. The summed E-state index contributed by atoms with van der Waals surface area (Å²) in [5.41, 5.74) is 0.915. The Morgan fingerprint density at radius 2 is 1.92 bits per heavy atom. The number of amides is 2. The third-order valence-electron chi connectivity index (χ3n) is 3.50. The number of anilines is 1. The van der Waals surface area contributed by atoms with Gasteiger partial charge in [0.25, 0.3) is 0 Å². The summed E-state index contributed by atoms with van der Waals surface area (Å²) in [6, 6.07) is 9.23. The van der Waals surface area contributed by atoms with Crippen LogP contribution in [0, 0.1) is 12.8 Å². The van der Waals surface area contributed by atoms with E-state index in [2.05, 4.69) is 31.7 Å². The topological polar surface area (TPSA) is 84.2 Å². The molecule has 2 amide bonds. The minimum atomic E-state index is -0.352. The van der Waals surface area contributed by atoms with Gasteiger partial charge in [0.2, 0.25) is 11.8 Å². The molecule has 0 radical (unpaired) electrons. The number of halogens is 1. The molecule has 1 atom stereocenters. The number of rotatable bonds is 6. The average molecular weight is 394 g/mol. The van der Waals surface area contributed by atoms with E-state index in [0.29, 0.717) is 11.6 Å². The SMILES string of the molecule is Cc1cc(NC(=O)CNC(=O)C(c2ccc(Br)cc2)C(C)C)no1. The Labute approximate surface area is 149 Å². The molecule has 2 rings (SSSR count). The average Bonchev–Trinajstić information content (AvgIpc) is 2.92. The van der Waals surface area contributed by atoms with Crippen LogP contribution in [0.4, 0.5) is 5.82 Å². The van der Waals surface area contributed by atoms with Crippen molar-refractivity contribution in [3.63, 3.8) is 0 Å². The Morgan fingerprint density at radius 3 is 2.46 bits per heavy atom. The number of carbonyl (C=O) groups excluding carboxylic acids is 2. The number of hydrogen-bond donors (Lipinski definition) is 2. The van der Waals surface area contributed by atoms with Crippen LogP contribution in [0.3, 0.4) is 0 Å². The smallest absolute Gasteiger partial charge is 0.245 e. The van der Waals surface area contributed by atoms with E-state index in [1.54, 1.807) is 13.0 Å². The predicted molar refractivity (Wildman–Crippen MR) is 94.6 cm³/mol. The summed E-state index contributed by atoms with van der Waals surface area (Å²) in [6.45, 7) is 5.56. The summed E-state index contributed by atoms with van der Waals surface area (Å²) in [5, 5.41) is 8.93. The van der Waals surface area contributed by atoms with E-state index in [9.17, 15) is 9.59 Å². The van der Waals surface area contributed by atoms with Gasteiger partial charge in [-0.2, -0.15) is 0 Å². The number of aromatic nitrogens is 1. The first-order valence-corrected chi connectivity index (χ1v) is 8.42. The second-order valence-electron chi connectivity index (χ2n) is 5.86. The highest BCUT2D eigenvalue weighted by Crippen LogP contribution is 2.26. The lowest BCUT2D eigenvalue weighted by molar-refractivity contribution is -0.126. The van der Waals surface area contributed by atoms with E-state index < -0.39 is 0 Å². The fourth-order valence-corrected chi connectivity index (χ4v) is 2.66. The molecule has 2 N–H and O–H groups in total. The van der Waals surface area contributed by atoms with Crippen molar-refractivity contribution in [1.82, 2.24) is 10.5 Å². The van der Waals surface area contributed by atoms with Gasteiger partial charge in [0.1, 0.15) is 5.76 Å². The molecule has 1 aromatic heterocycles. The molecule has 1 aromatic carbocycles. The number of nitrogens with zero attached hydrogens (tertiary/aromatic N) is 1. The van der Waals surface area contributed by atoms with Crippen LogP contribution in [0.5, 0.6) is 0 Å². The molecule has 0 fully saturated rings. The van der Waals surface area contributed by atoms with Crippen molar-refractivity contribution in [2.75, 3.05) is 11.9 Å². The van der Waals surface area contributed by atoms with E-state index in [0.717, 1.165) is 10.0 Å². The van der Waals surface area contributed by atoms with Crippen LogP contribution in [0.25, 0.3) is 0 Å². The molecular weight excluding hydrogens is 374 g/mol. The fraction of sp³-hybridized carbons (Fsp3) is 0.353. The number of hydrogen-bond acceptors (Lipinski definition) is 4.